The second-order valence-corrected chi connectivity index (χ2v) is 8.30. The molecule has 0 saturated carbocycles. The molecule has 0 aliphatic carbocycles. The third kappa shape index (κ3) is 4.26. The highest BCUT2D eigenvalue weighted by atomic mass is 16.2. The van der Waals surface area contributed by atoms with Crippen molar-refractivity contribution in [3.05, 3.63) is 45.4 Å². The smallest absolute Gasteiger partial charge is 0.257 e. The number of aromatic amines is 1. The van der Waals surface area contributed by atoms with Gasteiger partial charge in [-0.2, -0.15) is 5.10 Å². The lowest BCUT2D eigenvalue weighted by Gasteiger charge is -2.35. The van der Waals surface area contributed by atoms with Crippen LogP contribution in [0.1, 0.15) is 79.4 Å². The Hall–Kier alpha value is -2.97. The molecule has 31 heavy (non-hydrogen) atoms. The van der Waals surface area contributed by atoms with E-state index >= 15 is 0 Å². The minimum absolute atomic E-state index is 0.0628. The first-order valence-electron chi connectivity index (χ1n) is 11.2. The van der Waals surface area contributed by atoms with Gasteiger partial charge in [0.05, 0.1) is 30.0 Å². The second-order valence-electron chi connectivity index (χ2n) is 8.30. The molecule has 9 nitrogen and oxygen atoms in total. The summed E-state index contributed by atoms with van der Waals surface area (Å²) in [4.78, 5) is 49.4. The van der Waals surface area contributed by atoms with Crippen LogP contribution in [0.15, 0.2) is 17.2 Å². The summed E-state index contributed by atoms with van der Waals surface area (Å²) in [6, 6.07) is -0.286. The number of nitrogens with one attached hydrogen (secondary N) is 1. The first-order valence-corrected chi connectivity index (χ1v) is 11.2. The van der Waals surface area contributed by atoms with Gasteiger partial charge in [-0.3, -0.25) is 19.1 Å². The molecular formula is C22H30N6O3. The number of hydrogen-bond donors (Lipinski definition) is 1. The number of rotatable bonds is 5. The molecule has 2 aromatic heterocycles. The summed E-state index contributed by atoms with van der Waals surface area (Å²) < 4.78 is 1.78. The fourth-order valence-corrected chi connectivity index (χ4v) is 4.50. The Kier molecular flexibility index (Phi) is 6.20. The van der Waals surface area contributed by atoms with Gasteiger partial charge in [-0.25, -0.2) is 4.98 Å². The number of piperidine rings is 1. The molecule has 0 unspecified atom stereocenters. The third-order valence-electron chi connectivity index (χ3n) is 6.16. The standard InChI is InChI=1S/C22H30N6O3/c1-3-9-27-13-15(12-23-27)22(31)28-10-6-5-7-18(28)20-24-17-14-26(19(29)4-2)11-8-16(17)21(30)25-20/h12-13,18H,3-11,14H2,1-2H3,(H,24,25,30)/t18-/m0/s1. The fourth-order valence-electron chi connectivity index (χ4n) is 4.50. The minimum atomic E-state index is -0.286. The van der Waals surface area contributed by atoms with E-state index < -0.39 is 0 Å². The number of hydrogen-bond acceptors (Lipinski definition) is 5. The van der Waals surface area contributed by atoms with E-state index in [0.29, 0.717) is 55.1 Å². The molecule has 1 saturated heterocycles. The molecule has 2 aromatic rings. The summed E-state index contributed by atoms with van der Waals surface area (Å²) in [5, 5.41) is 4.28. The molecule has 166 valence electrons. The molecular weight excluding hydrogens is 396 g/mol. The number of likely N-dealkylation sites (tertiary alicyclic amines) is 1. The average molecular weight is 427 g/mol. The second kappa shape index (κ2) is 9.03. The molecule has 0 spiro atoms. The van der Waals surface area contributed by atoms with Crippen molar-refractivity contribution >= 4 is 11.8 Å². The number of fused-ring (bicyclic) bond motifs is 1. The highest BCUT2D eigenvalue weighted by molar-refractivity contribution is 5.94. The van der Waals surface area contributed by atoms with Gasteiger partial charge in [0.15, 0.2) is 0 Å². The molecule has 2 amide bonds. The predicted octanol–water partition coefficient (Wildman–Crippen LogP) is 2.04. The monoisotopic (exact) mass is 426 g/mol. The summed E-state index contributed by atoms with van der Waals surface area (Å²) >= 11 is 0. The van der Waals surface area contributed by atoms with Crippen molar-refractivity contribution in [2.24, 2.45) is 0 Å². The fraction of sp³-hybridized carbons (Fsp3) is 0.591. The predicted molar refractivity (Wildman–Crippen MR) is 114 cm³/mol. The van der Waals surface area contributed by atoms with Gasteiger partial charge in [0.2, 0.25) is 5.91 Å². The van der Waals surface area contributed by atoms with Crippen LogP contribution >= 0.6 is 0 Å². The van der Waals surface area contributed by atoms with Gasteiger partial charge in [0.1, 0.15) is 5.82 Å². The van der Waals surface area contributed by atoms with E-state index in [1.807, 2.05) is 6.92 Å². The van der Waals surface area contributed by atoms with E-state index in [1.54, 1.807) is 26.9 Å². The van der Waals surface area contributed by atoms with Crippen molar-refractivity contribution in [3.63, 3.8) is 0 Å². The Bertz CT molecular complexity index is 1030. The summed E-state index contributed by atoms with van der Waals surface area (Å²) in [7, 11) is 0. The molecule has 0 bridgehead atoms. The van der Waals surface area contributed by atoms with Crippen LogP contribution in [0, 0.1) is 0 Å². The molecule has 1 N–H and O–H groups in total. The maximum Gasteiger partial charge on any atom is 0.257 e. The molecule has 2 aliphatic heterocycles. The van der Waals surface area contributed by atoms with E-state index in [4.69, 9.17) is 4.98 Å². The summed E-state index contributed by atoms with van der Waals surface area (Å²) in [6.45, 7) is 6.18. The Morgan fingerprint density at radius 3 is 2.84 bits per heavy atom. The maximum absolute atomic E-state index is 13.3. The van der Waals surface area contributed by atoms with Crippen LogP contribution in [-0.4, -0.2) is 54.5 Å². The summed E-state index contributed by atoms with van der Waals surface area (Å²) in [6.07, 6.45) is 7.91. The Morgan fingerprint density at radius 1 is 1.23 bits per heavy atom. The molecule has 4 heterocycles. The lowest BCUT2D eigenvalue weighted by Crippen LogP contribution is -2.42. The zero-order valence-corrected chi connectivity index (χ0v) is 18.3. The van der Waals surface area contributed by atoms with Crippen LogP contribution in [-0.2, 0) is 24.3 Å². The Morgan fingerprint density at radius 2 is 2.06 bits per heavy atom. The van der Waals surface area contributed by atoms with E-state index in [-0.39, 0.29) is 23.4 Å². The van der Waals surface area contributed by atoms with Gasteiger partial charge < -0.3 is 14.8 Å². The molecule has 1 fully saturated rings. The average Bonchev–Trinajstić information content (AvgIpc) is 3.26. The highest BCUT2D eigenvalue weighted by Gasteiger charge is 2.32. The SMILES string of the molecule is CCCn1cc(C(=O)N2CCCC[C@H]2c2nc3c(c(=O)[nH]2)CCN(C(=O)CC)C3)cn1. The van der Waals surface area contributed by atoms with Gasteiger partial charge in [-0.05, 0) is 32.1 Å². The number of carbonyl (C=O) groups is 2. The van der Waals surface area contributed by atoms with Crippen LogP contribution in [0.2, 0.25) is 0 Å². The molecule has 2 aliphatic rings. The molecule has 0 radical (unpaired) electrons. The van der Waals surface area contributed by atoms with Crippen LogP contribution in [0.4, 0.5) is 0 Å². The maximum atomic E-state index is 13.3. The zero-order valence-electron chi connectivity index (χ0n) is 18.3. The van der Waals surface area contributed by atoms with Crippen molar-refractivity contribution in [2.75, 3.05) is 13.1 Å². The van der Waals surface area contributed by atoms with Crippen LogP contribution < -0.4 is 5.56 Å². The lowest BCUT2D eigenvalue weighted by atomic mass is 9.99. The largest absolute Gasteiger partial charge is 0.336 e. The van der Waals surface area contributed by atoms with E-state index in [2.05, 4.69) is 17.0 Å². The first kappa shape index (κ1) is 21.3. The van der Waals surface area contributed by atoms with E-state index in [0.717, 1.165) is 32.2 Å². The Balaban J connectivity index is 1.62. The molecule has 1 atom stereocenters. The van der Waals surface area contributed by atoms with Crippen molar-refractivity contribution in [2.45, 2.75) is 71.5 Å². The van der Waals surface area contributed by atoms with Gasteiger partial charge in [0, 0.05) is 37.8 Å². The first-order chi connectivity index (χ1) is 15.0. The molecule has 9 heteroatoms. The van der Waals surface area contributed by atoms with Gasteiger partial charge >= 0.3 is 0 Å². The van der Waals surface area contributed by atoms with Crippen molar-refractivity contribution in [1.82, 2.24) is 29.5 Å². The quantitative estimate of drug-likeness (QED) is 0.788. The molecule has 4 rings (SSSR count). The number of aromatic nitrogens is 4. The lowest BCUT2D eigenvalue weighted by molar-refractivity contribution is -0.131. The van der Waals surface area contributed by atoms with Crippen molar-refractivity contribution in [3.8, 4) is 0 Å². The number of amides is 2. The third-order valence-corrected chi connectivity index (χ3v) is 6.16. The summed E-state index contributed by atoms with van der Waals surface area (Å²) in [5.74, 6) is 0.492. The normalized spacial score (nSPS) is 18.7. The van der Waals surface area contributed by atoms with Gasteiger partial charge in [-0.15, -0.1) is 0 Å². The van der Waals surface area contributed by atoms with Gasteiger partial charge in [0.25, 0.3) is 11.5 Å². The van der Waals surface area contributed by atoms with Crippen molar-refractivity contribution in [1.29, 1.82) is 0 Å². The molecule has 0 aromatic carbocycles. The van der Waals surface area contributed by atoms with Crippen LogP contribution in [0.5, 0.6) is 0 Å². The van der Waals surface area contributed by atoms with E-state index in [1.165, 1.54) is 0 Å². The van der Waals surface area contributed by atoms with Gasteiger partial charge in [-0.1, -0.05) is 13.8 Å². The Labute approximate surface area is 181 Å². The van der Waals surface area contributed by atoms with Crippen LogP contribution in [0.25, 0.3) is 0 Å². The van der Waals surface area contributed by atoms with E-state index in [9.17, 15) is 14.4 Å². The summed E-state index contributed by atoms with van der Waals surface area (Å²) in [5.41, 5.74) is 1.71. The zero-order chi connectivity index (χ0) is 22.0. The number of aryl methyl sites for hydroxylation is 1. The number of H-pyrrole nitrogens is 1. The van der Waals surface area contributed by atoms with Crippen LogP contribution in [0.3, 0.4) is 0 Å². The number of nitrogens with zero attached hydrogens (tertiary/aromatic N) is 5. The number of carbonyl (C=O) groups excluding carboxylic acids is 2. The topological polar surface area (TPSA) is 104 Å². The highest BCUT2D eigenvalue weighted by Crippen LogP contribution is 2.30. The van der Waals surface area contributed by atoms with Crippen molar-refractivity contribution < 1.29 is 9.59 Å². The minimum Gasteiger partial charge on any atom is -0.336 e.